The Labute approximate surface area is 183 Å². The molecule has 3 aromatic rings. The van der Waals surface area contributed by atoms with Gasteiger partial charge >= 0.3 is 6.18 Å². The summed E-state index contributed by atoms with van der Waals surface area (Å²) in [5, 5.41) is 21.5. The van der Waals surface area contributed by atoms with Crippen LogP contribution in [0.15, 0.2) is 23.7 Å². The molecule has 0 saturated carbocycles. The van der Waals surface area contributed by atoms with Crippen LogP contribution in [0.5, 0.6) is 0 Å². The van der Waals surface area contributed by atoms with E-state index in [9.17, 15) is 23.2 Å². The number of carbonyl (C=O) groups is 1. The predicted octanol–water partition coefficient (Wildman–Crippen LogP) is 5.28. The molecule has 5 rings (SSSR count). The van der Waals surface area contributed by atoms with Crippen molar-refractivity contribution in [2.45, 2.75) is 43.9 Å². The summed E-state index contributed by atoms with van der Waals surface area (Å²) in [4.78, 5) is 14.8. The van der Waals surface area contributed by atoms with Gasteiger partial charge in [0.05, 0.1) is 17.8 Å². The molecule has 160 valence electrons. The molecular weight excluding hydrogens is 447 g/mol. The van der Waals surface area contributed by atoms with Crippen LogP contribution in [0.3, 0.4) is 0 Å². The lowest BCUT2D eigenvalue weighted by molar-refractivity contribution is -0.173. The minimum atomic E-state index is -4.51. The van der Waals surface area contributed by atoms with Crippen LogP contribution < -0.4 is 10.6 Å². The zero-order valence-electron chi connectivity index (χ0n) is 16.0. The highest BCUT2D eigenvalue weighted by Gasteiger charge is 2.47. The van der Waals surface area contributed by atoms with Crippen LogP contribution in [-0.4, -0.2) is 21.9 Å². The van der Waals surface area contributed by atoms with Gasteiger partial charge in [0.25, 0.3) is 5.91 Å². The van der Waals surface area contributed by atoms with Gasteiger partial charge in [-0.05, 0) is 36.3 Å². The van der Waals surface area contributed by atoms with Crippen molar-refractivity contribution in [1.82, 2.24) is 9.78 Å². The summed E-state index contributed by atoms with van der Waals surface area (Å²) >= 11 is 2.72. The summed E-state index contributed by atoms with van der Waals surface area (Å²) < 4.78 is 42.1. The second kappa shape index (κ2) is 7.39. The number of aryl methyl sites for hydroxylation is 1. The second-order valence-electron chi connectivity index (χ2n) is 7.48. The summed E-state index contributed by atoms with van der Waals surface area (Å²) in [7, 11) is 0. The van der Waals surface area contributed by atoms with Crippen molar-refractivity contribution in [2.24, 2.45) is 0 Å². The van der Waals surface area contributed by atoms with Crippen molar-refractivity contribution in [2.75, 3.05) is 10.6 Å². The summed E-state index contributed by atoms with van der Waals surface area (Å²) in [5.74, 6) is -0.551. The predicted molar refractivity (Wildman–Crippen MR) is 112 cm³/mol. The van der Waals surface area contributed by atoms with Crippen molar-refractivity contribution >= 4 is 39.4 Å². The number of rotatable bonds is 3. The van der Waals surface area contributed by atoms with E-state index in [-0.39, 0.29) is 17.8 Å². The summed E-state index contributed by atoms with van der Waals surface area (Å²) in [5.41, 5.74) is 1.44. The van der Waals surface area contributed by atoms with Gasteiger partial charge in [0.2, 0.25) is 0 Å². The topological polar surface area (TPSA) is 82.7 Å². The van der Waals surface area contributed by atoms with Gasteiger partial charge < -0.3 is 10.6 Å². The minimum absolute atomic E-state index is 0.0213. The first-order chi connectivity index (χ1) is 14.9. The summed E-state index contributed by atoms with van der Waals surface area (Å²) in [6.07, 6.45) is -0.921. The molecule has 31 heavy (non-hydrogen) atoms. The van der Waals surface area contributed by atoms with E-state index in [1.54, 1.807) is 17.5 Å². The molecule has 2 aliphatic rings. The highest BCUT2D eigenvalue weighted by Crippen LogP contribution is 2.45. The van der Waals surface area contributed by atoms with E-state index in [4.69, 9.17) is 0 Å². The van der Waals surface area contributed by atoms with E-state index in [1.165, 1.54) is 22.7 Å². The lowest BCUT2D eigenvalue weighted by Crippen LogP contribution is -2.36. The largest absolute Gasteiger partial charge is 0.410 e. The molecule has 4 heterocycles. The number of fused-ring (bicyclic) bond motifs is 2. The average molecular weight is 464 g/mol. The Bertz CT molecular complexity index is 1190. The van der Waals surface area contributed by atoms with Crippen molar-refractivity contribution in [3.8, 4) is 6.07 Å². The van der Waals surface area contributed by atoms with Crippen molar-refractivity contribution < 1.29 is 18.0 Å². The molecule has 0 unspecified atom stereocenters. The Morgan fingerprint density at radius 2 is 2.23 bits per heavy atom. The van der Waals surface area contributed by atoms with E-state index in [1.807, 2.05) is 0 Å². The molecule has 0 spiro atoms. The summed E-state index contributed by atoms with van der Waals surface area (Å²) in [6, 6.07) is 3.29. The van der Waals surface area contributed by atoms with Gasteiger partial charge in [0.1, 0.15) is 22.5 Å². The van der Waals surface area contributed by atoms with Gasteiger partial charge in [0, 0.05) is 16.2 Å². The number of hydrogen-bond acceptors (Lipinski definition) is 6. The first-order valence-corrected chi connectivity index (χ1v) is 11.4. The average Bonchev–Trinajstić information content (AvgIpc) is 3.49. The standard InChI is InChI=1S/C20H16F3N5OS2/c21-20(22,23)16-7-13(15-5-2-6-30-15)26-17-12(9-25-28(16)17)18(29)27-19-11(8-24)10-3-1-4-14(10)31-19/h2,5-6,9,13,16,26H,1,3-4,7H2,(H,27,29)/t13-,16-/m0/s1. The number of anilines is 2. The molecule has 1 aliphatic carbocycles. The highest BCUT2D eigenvalue weighted by molar-refractivity contribution is 7.16. The zero-order chi connectivity index (χ0) is 21.8. The van der Waals surface area contributed by atoms with Gasteiger partial charge in [-0.3, -0.25) is 4.79 Å². The molecule has 0 radical (unpaired) electrons. The van der Waals surface area contributed by atoms with Gasteiger partial charge in [-0.1, -0.05) is 6.07 Å². The molecule has 3 aromatic heterocycles. The van der Waals surface area contributed by atoms with Crippen molar-refractivity contribution in [3.63, 3.8) is 0 Å². The molecule has 0 saturated heterocycles. The monoisotopic (exact) mass is 463 g/mol. The molecule has 6 nitrogen and oxygen atoms in total. The van der Waals surface area contributed by atoms with Crippen LogP contribution in [0, 0.1) is 11.3 Å². The van der Waals surface area contributed by atoms with Crippen LogP contribution in [0.4, 0.5) is 24.0 Å². The Morgan fingerprint density at radius 1 is 1.39 bits per heavy atom. The van der Waals surface area contributed by atoms with Crippen LogP contribution in [0.2, 0.25) is 0 Å². The van der Waals surface area contributed by atoms with Crippen LogP contribution in [0.25, 0.3) is 0 Å². The van der Waals surface area contributed by atoms with Crippen molar-refractivity contribution in [3.05, 3.63) is 50.2 Å². The number of amides is 1. The van der Waals surface area contributed by atoms with E-state index in [0.717, 1.165) is 45.5 Å². The quantitative estimate of drug-likeness (QED) is 0.554. The first kappa shape index (κ1) is 20.1. The van der Waals surface area contributed by atoms with Crippen molar-refractivity contribution in [1.29, 1.82) is 5.26 Å². The number of nitriles is 1. The molecule has 1 amide bonds. The SMILES string of the molecule is N#Cc1c(NC(=O)c2cnn3c2N[C@H](c2cccs2)C[C@H]3C(F)(F)F)sc2c1CCC2. The zero-order valence-corrected chi connectivity index (χ0v) is 17.6. The number of aromatic nitrogens is 2. The van der Waals surface area contributed by atoms with E-state index >= 15 is 0 Å². The normalized spacial score (nSPS) is 19.9. The van der Waals surface area contributed by atoms with Gasteiger partial charge in [-0.25, -0.2) is 4.68 Å². The maximum Gasteiger partial charge on any atom is 0.410 e. The first-order valence-electron chi connectivity index (χ1n) is 9.67. The third-order valence-electron chi connectivity index (χ3n) is 5.63. The third-order valence-corrected chi connectivity index (χ3v) is 7.82. The number of nitrogens with one attached hydrogen (secondary N) is 2. The summed E-state index contributed by atoms with van der Waals surface area (Å²) in [6.45, 7) is 0. The van der Waals surface area contributed by atoms with Crippen LogP contribution in [0.1, 0.15) is 56.2 Å². The van der Waals surface area contributed by atoms with Crippen LogP contribution >= 0.6 is 22.7 Å². The highest BCUT2D eigenvalue weighted by atomic mass is 32.1. The minimum Gasteiger partial charge on any atom is -0.362 e. The fraction of sp³-hybridized carbons (Fsp3) is 0.350. The lowest BCUT2D eigenvalue weighted by atomic mass is 10.0. The Hall–Kier alpha value is -2.84. The van der Waals surface area contributed by atoms with E-state index in [2.05, 4.69) is 21.8 Å². The number of thiophene rings is 2. The molecular formula is C20H16F3N5OS2. The van der Waals surface area contributed by atoms with E-state index < -0.39 is 24.2 Å². The third kappa shape index (κ3) is 3.40. The van der Waals surface area contributed by atoms with Crippen LogP contribution in [-0.2, 0) is 12.8 Å². The molecule has 0 fully saturated rings. The molecule has 11 heteroatoms. The maximum absolute atomic E-state index is 13.8. The number of alkyl halides is 3. The lowest BCUT2D eigenvalue weighted by Gasteiger charge is -2.33. The number of hydrogen-bond donors (Lipinski definition) is 2. The molecule has 2 atom stereocenters. The van der Waals surface area contributed by atoms with E-state index in [0.29, 0.717) is 10.6 Å². The second-order valence-corrected chi connectivity index (χ2v) is 9.57. The Morgan fingerprint density at radius 3 is 2.94 bits per heavy atom. The number of nitrogens with zero attached hydrogens (tertiary/aromatic N) is 3. The van der Waals surface area contributed by atoms with Gasteiger partial charge in [-0.15, -0.1) is 22.7 Å². The smallest absolute Gasteiger partial charge is 0.362 e. The fourth-order valence-corrected chi connectivity index (χ4v) is 6.21. The maximum atomic E-state index is 13.8. The number of halogens is 3. The molecule has 0 aromatic carbocycles. The van der Waals surface area contributed by atoms with Gasteiger partial charge in [0.15, 0.2) is 6.04 Å². The molecule has 2 N–H and O–H groups in total. The molecule has 0 bridgehead atoms. The molecule has 1 aliphatic heterocycles. The Balaban J connectivity index is 1.49. The Kier molecular flexibility index (Phi) is 4.79. The fourth-order valence-electron chi connectivity index (χ4n) is 4.19. The van der Waals surface area contributed by atoms with Gasteiger partial charge in [-0.2, -0.15) is 23.5 Å². The number of carbonyl (C=O) groups excluding carboxylic acids is 1.